The zero-order valence-corrected chi connectivity index (χ0v) is 11.2. The van der Waals surface area contributed by atoms with E-state index in [0.717, 1.165) is 11.3 Å². The summed E-state index contributed by atoms with van der Waals surface area (Å²) in [4.78, 5) is 15.4. The molecule has 0 bridgehead atoms. The maximum atomic E-state index is 11.8. The van der Waals surface area contributed by atoms with Crippen molar-refractivity contribution in [2.45, 2.75) is 0 Å². The number of nitrogens with two attached hydrogens (primary N) is 1. The number of nitrogens with zero attached hydrogens (tertiary/aromatic N) is 1. The largest absolute Gasteiger partial charge is 0.870 e. The first-order chi connectivity index (χ1) is 9.52. The lowest BCUT2D eigenvalue weighted by atomic mass is 10.1. The predicted molar refractivity (Wildman–Crippen MR) is 74.5 cm³/mol. The van der Waals surface area contributed by atoms with Crippen LogP contribution >= 0.6 is 11.3 Å². The van der Waals surface area contributed by atoms with Gasteiger partial charge in [-0.15, -0.1) is 11.3 Å². The van der Waals surface area contributed by atoms with E-state index in [4.69, 9.17) is 15.6 Å². The van der Waals surface area contributed by atoms with Crippen LogP contribution in [0.1, 0.15) is 9.67 Å². The zero-order chi connectivity index (χ0) is 14.4. The number of carboxylic acids is 1. The number of rotatable bonds is 2. The van der Waals surface area contributed by atoms with Crippen molar-refractivity contribution in [2.24, 2.45) is 0 Å². The molecule has 0 unspecified atom stereocenters. The van der Waals surface area contributed by atoms with Gasteiger partial charge < -0.3 is 20.7 Å². The van der Waals surface area contributed by atoms with Crippen LogP contribution in [0.5, 0.6) is 11.5 Å². The Morgan fingerprint density at radius 2 is 2.20 bits per heavy atom. The van der Waals surface area contributed by atoms with Crippen LogP contribution in [0.4, 0.5) is 5.69 Å². The summed E-state index contributed by atoms with van der Waals surface area (Å²) >= 11 is 1.04. The minimum Gasteiger partial charge on any atom is -0.870 e. The fourth-order valence-electron chi connectivity index (χ4n) is 2.08. The van der Waals surface area contributed by atoms with Gasteiger partial charge >= 0.3 is 5.97 Å². The number of hydrogen-bond donors (Lipinski definition) is 2. The number of fused-ring (bicyclic) bond motifs is 3. The van der Waals surface area contributed by atoms with Crippen LogP contribution in [0.25, 0.3) is 21.0 Å². The predicted octanol–water partition coefficient (Wildman–Crippen LogP) is 1.81. The van der Waals surface area contributed by atoms with Crippen molar-refractivity contribution in [2.75, 3.05) is 12.8 Å². The van der Waals surface area contributed by atoms with Gasteiger partial charge in [-0.3, -0.25) is 4.98 Å². The van der Waals surface area contributed by atoms with Gasteiger partial charge in [0.25, 0.3) is 0 Å². The molecule has 0 saturated carbocycles. The molecule has 3 aromatic rings. The van der Waals surface area contributed by atoms with Crippen molar-refractivity contribution >= 4 is 44.0 Å². The lowest BCUT2D eigenvalue weighted by molar-refractivity contribution is -0.269. The average Bonchev–Trinajstić information content (AvgIpc) is 2.76. The van der Waals surface area contributed by atoms with E-state index in [1.807, 2.05) is 0 Å². The minimum atomic E-state index is -1.09. The van der Waals surface area contributed by atoms with Crippen molar-refractivity contribution in [3.63, 3.8) is 0 Å². The highest BCUT2D eigenvalue weighted by Crippen LogP contribution is 2.39. The maximum Gasteiger partial charge on any atom is 0.348 e. The van der Waals surface area contributed by atoms with Gasteiger partial charge in [0.15, 0.2) is 0 Å². The highest BCUT2D eigenvalue weighted by Gasteiger charge is 2.17. The van der Waals surface area contributed by atoms with Gasteiger partial charge in [0.05, 0.1) is 18.3 Å². The average molecular weight is 289 g/mol. The zero-order valence-electron chi connectivity index (χ0n) is 10.3. The highest BCUT2D eigenvalue weighted by atomic mass is 32.1. The third-order valence-electron chi connectivity index (χ3n) is 3.04. The van der Waals surface area contributed by atoms with Crippen LogP contribution < -0.4 is 15.6 Å². The first kappa shape index (κ1) is 12.5. The van der Waals surface area contributed by atoms with Crippen LogP contribution in [0, 0.1) is 0 Å². The maximum absolute atomic E-state index is 11.8. The molecule has 3 rings (SSSR count). The van der Waals surface area contributed by atoms with Crippen molar-refractivity contribution in [3.8, 4) is 11.5 Å². The summed E-state index contributed by atoms with van der Waals surface area (Å²) < 4.78 is 5.61. The molecule has 6 nitrogen and oxygen atoms in total. The number of aromatic carboxylic acids is 1. The molecule has 20 heavy (non-hydrogen) atoms. The second kappa shape index (κ2) is 4.24. The van der Waals surface area contributed by atoms with E-state index in [1.54, 1.807) is 0 Å². The number of carboxylic acid groups (broad SMARTS) is 1. The Labute approximate surface area is 117 Å². The quantitative estimate of drug-likeness (QED) is 0.744. The minimum absolute atomic E-state index is 0.0533. The Hall–Kier alpha value is -2.54. The number of aromatic nitrogens is 1. The van der Waals surface area contributed by atoms with E-state index in [9.17, 15) is 9.90 Å². The molecule has 1 aromatic carbocycles. The van der Waals surface area contributed by atoms with E-state index in [-0.39, 0.29) is 22.1 Å². The second-order valence-corrected chi connectivity index (χ2v) is 5.19. The summed E-state index contributed by atoms with van der Waals surface area (Å²) in [5.74, 6) is -1.17. The molecule has 102 valence electrons. The summed E-state index contributed by atoms with van der Waals surface area (Å²) in [6.45, 7) is 0. The number of methoxy groups -OCH3 is 1. The molecule has 2 aromatic heterocycles. The summed E-state index contributed by atoms with van der Waals surface area (Å²) in [6, 6.07) is 2.93. The van der Waals surface area contributed by atoms with E-state index < -0.39 is 5.97 Å². The molecule has 0 spiro atoms. The Bertz CT molecular complexity index is 857. The van der Waals surface area contributed by atoms with Crippen LogP contribution in [0.3, 0.4) is 0 Å². The number of carbonyl (C=O) groups is 1. The summed E-state index contributed by atoms with van der Waals surface area (Å²) in [5, 5.41) is 22.1. The first-order valence-corrected chi connectivity index (χ1v) is 6.43. The molecular weight excluding hydrogens is 280 g/mol. The fourth-order valence-corrected chi connectivity index (χ4v) is 3.13. The lowest BCUT2D eigenvalue weighted by Crippen LogP contribution is -1.97. The molecule has 2 heterocycles. The number of hydrogen-bond acceptors (Lipinski definition) is 6. The third kappa shape index (κ3) is 1.64. The van der Waals surface area contributed by atoms with E-state index in [1.165, 1.54) is 25.4 Å². The second-order valence-electron chi connectivity index (χ2n) is 4.17. The number of thiophene rings is 1. The fraction of sp³-hybridized carbons (Fsp3) is 0.0769. The monoisotopic (exact) mass is 289 g/mol. The van der Waals surface area contributed by atoms with Gasteiger partial charge in [-0.1, -0.05) is 11.8 Å². The van der Waals surface area contributed by atoms with Crippen molar-refractivity contribution < 1.29 is 19.7 Å². The van der Waals surface area contributed by atoms with Gasteiger partial charge in [0.2, 0.25) is 0 Å². The van der Waals surface area contributed by atoms with Gasteiger partial charge in [-0.25, -0.2) is 4.79 Å². The van der Waals surface area contributed by atoms with Gasteiger partial charge in [0.1, 0.15) is 10.6 Å². The Balaban J connectivity index is 2.44. The Kier molecular flexibility index (Phi) is 2.65. The molecule has 0 radical (unpaired) electrons. The first-order valence-electron chi connectivity index (χ1n) is 5.62. The van der Waals surface area contributed by atoms with E-state index in [2.05, 4.69) is 4.98 Å². The third-order valence-corrected chi connectivity index (χ3v) is 4.28. The van der Waals surface area contributed by atoms with Crippen LogP contribution in [0.2, 0.25) is 0 Å². The summed E-state index contributed by atoms with van der Waals surface area (Å²) in [6.07, 6.45) is 1.51. The smallest absolute Gasteiger partial charge is 0.348 e. The summed E-state index contributed by atoms with van der Waals surface area (Å²) in [5.41, 5.74) is 6.55. The van der Waals surface area contributed by atoms with Gasteiger partial charge in [-0.2, -0.15) is 0 Å². The molecule has 0 fully saturated rings. The number of pyridine rings is 1. The van der Waals surface area contributed by atoms with Gasteiger partial charge in [0, 0.05) is 27.7 Å². The van der Waals surface area contributed by atoms with Crippen molar-refractivity contribution in [3.05, 3.63) is 23.2 Å². The molecule has 7 heteroatoms. The van der Waals surface area contributed by atoms with Crippen LogP contribution in [-0.2, 0) is 0 Å². The van der Waals surface area contributed by atoms with Gasteiger partial charge in [-0.05, 0) is 0 Å². The van der Waals surface area contributed by atoms with Crippen LogP contribution in [-0.4, -0.2) is 23.2 Å². The SMILES string of the molecule is COc1cc2ncc3c(N)c(C(=O)O)sc3c2cc1[O-]. The van der Waals surface area contributed by atoms with Crippen molar-refractivity contribution in [1.29, 1.82) is 0 Å². The Morgan fingerprint density at radius 3 is 2.85 bits per heavy atom. The topological polar surface area (TPSA) is 109 Å². The standard InChI is InChI=1S/C13H10N2O4S/c1-19-9-3-7-5(2-8(9)16)11-6(4-15-7)10(14)12(20-11)13(17)18/h2-4,16H,14H2,1H3,(H,17,18)/p-1. The molecule has 0 aliphatic carbocycles. The highest BCUT2D eigenvalue weighted by molar-refractivity contribution is 7.22. The molecule has 0 atom stereocenters. The molecule has 0 saturated heterocycles. The molecule has 0 aliphatic rings. The van der Waals surface area contributed by atoms with E-state index >= 15 is 0 Å². The lowest BCUT2D eigenvalue weighted by Gasteiger charge is -2.13. The summed E-state index contributed by atoms with van der Waals surface area (Å²) in [7, 11) is 1.41. The number of ether oxygens (including phenoxy) is 1. The Morgan fingerprint density at radius 1 is 1.45 bits per heavy atom. The molecule has 0 amide bonds. The normalized spacial score (nSPS) is 11.1. The van der Waals surface area contributed by atoms with Crippen LogP contribution in [0.15, 0.2) is 18.3 Å². The molecule has 3 N–H and O–H groups in total. The number of anilines is 1. The molecular formula is C13H9N2O4S-. The van der Waals surface area contributed by atoms with Crippen molar-refractivity contribution in [1.82, 2.24) is 4.98 Å². The number of nitrogen functional groups attached to an aromatic ring is 1. The molecule has 0 aliphatic heterocycles. The van der Waals surface area contributed by atoms with E-state index in [0.29, 0.717) is 21.0 Å². The number of benzene rings is 1.